The fraction of sp³-hybridized carbons (Fsp3) is 0.833. The highest BCUT2D eigenvalue weighted by Gasteiger charge is 2.31. The van der Waals surface area contributed by atoms with Gasteiger partial charge >= 0.3 is 0 Å². The van der Waals surface area contributed by atoms with Crippen molar-refractivity contribution in [3.63, 3.8) is 0 Å². The number of methoxy groups -OCH3 is 2. The van der Waals surface area contributed by atoms with E-state index >= 15 is 0 Å². The van der Waals surface area contributed by atoms with Crippen LogP contribution >= 0.6 is 0 Å². The first-order valence-electron chi connectivity index (χ1n) is 2.77. The largest absolute Gasteiger partial charge is 0.371 e. The number of nitrogens with zero attached hydrogens (tertiary/aromatic N) is 1. The normalized spacial score (nSPS) is 16.4. The van der Waals surface area contributed by atoms with Crippen molar-refractivity contribution in [3.05, 3.63) is 0 Å². The predicted molar refractivity (Wildman–Crippen MR) is 34.0 cm³/mol. The molecule has 0 spiro atoms. The summed E-state index contributed by atoms with van der Waals surface area (Å²) in [5.74, 6) is 0. The molecule has 0 rings (SSSR count). The second kappa shape index (κ2) is 3.52. The Labute approximate surface area is 60.0 Å². The van der Waals surface area contributed by atoms with Crippen LogP contribution in [0.3, 0.4) is 0 Å². The zero-order valence-corrected chi connectivity index (χ0v) is 6.29. The summed E-state index contributed by atoms with van der Waals surface area (Å²) in [7, 11) is 2.72. The van der Waals surface area contributed by atoms with Crippen LogP contribution in [0.5, 0.6) is 0 Å². The van der Waals surface area contributed by atoms with E-state index in [0.717, 1.165) is 0 Å². The van der Waals surface area contributed by atoms with Gasteiger partial charge in [0.2, 0.25) is 0 Å². The lowest BCUT2D eigenvalue weighted by molar-refractivity contribution is -0.185. The van der Waals surface area contributed by atoms with Gasteiger partial charge in [-0.15, -0.1) is 0 Å². The second-order valence-corrected chi connectivity index (χ2v) is 2.06. The number of aliphatic hydroxyl groups is 1. The Morgan fingerprint density at radius 2 is 1.90 bits per heavy atom. The molecule has 0 saturated carbocycles. The minimum Gasteiger partial charge on any atom is -0.371 e. The summed E-state index contributed by atoms with van der Waals surface area (Å²) >= 11 is 0. The molecule has 0 heterocycles. The monoisotopic (exact) mass is 145 g/mol. The zero-order chi connectivity index (χ0) is 8.20. The van der Waals surface area contributed by atoms with E-state index in [1.807, 2.05) is 0 Å². The number of ether oxygens (including phenoxy) is 2. The molecule has 0 saturated heterocycles. The van der Waals surface area contributed by atoms with Crippen LogP contribution in [0.1, 0.15) is 6.92 Å². The Morgan fingerprint density at radius 3 is 2.00 bits per heavy atom. The molecule has 0 aromatic carbocycles. The Morgan fingerprint density at radius 1 is 1.50 bits per heavy atom. The number of hydrogen-bond acceptors (Lipinski definition) is 4. The summed E-state index contributed by atoms with van der Waals surface area (Å²) in [6.07, 6.45) is -0.891. The van der Waals surface area contributed by atoms with Gasteiger partial charge in [-0.2, -0.15) is 5.26 Å². The first kappa shape index (κ1) is 9.37. The van der Waals surface area contributed by atoms with Crippen LogP contribution in [0.15, 0.2) is 0 Å². The van der Waals surface area contributed by atoms with Gasteiger partial charge in [-0.1, -0.05) is 0 Å². The Kier molecular flexibility index (Phi) is 3.30. The maximum absolute atomic E-state index is 9.17. The maximum Gasteiger partial charge on any atom is 0.199 e. The molecule has 0 aliphatic rings. The van der Waals surface area contributed by atoms with Gasteiger partial charge in [0.1, 0.15) is 6.07 Å². The number of nitriles is 1. The lowest BCUT2D eigenvalue weighted by atomic mass is 10.1. The van der Waals surface area contributed by atoms with Crippen LogP contribution in [-0.4, -0.2) is 31.2 Å². The van der Waals surface area contributed by atoms with Gasteiger partial charge in [0, 0.05) is 14.2 Å². The lowest BCUT2D eigenvalue weighted by Gasteiger charge is -2.23. The molecule has 0 aromatic heterocycles. The van der Waals surface area contributed by atoms with Gasteiger partial charge in [-0.05, 0) is 6.92 Å². The van der Waals surface area contributed by atoms with E-state index in [-0.39, 0.29) is 0 Å². The van der Waals surface area contributed by atoms with E-state index in [2.05, 4.69) is 9.47 Å². The molecule has 1 atom stereocenters. The van der Waals surface area contributed by atoms with Crippen LogP contribution < -0.4 is 0 Å². The van der Waals surface area contributed by atoms with Crippen molar-refractivity contribution in [2.75, 3.05) is 14.2 Å². The Balaban J connectivity index is 4.15. The summed E-state index contributed by atoms with van der Waals surface area (Å²) in [5, 5.41) is 17.5. The quantitative estimate of drug-likeness (QED) is 0.444. The highest BCUT2D eigenvalue weighted by atomic mass is 16.7. The molecule has 0 radical (unpaired) electrons. The van der Waals surface area contributed by atoms with Crippen molar-refractivity contribution < 1.29 is 14.6 Å². The highest BCUT2D eigenvalue weighted by Crippen LogP contribution is 2.11. The molecule has 1 N–H and O–H groups in total. The third kappa shape index (κ3) is 1.95. The third-order valence-electron chi connectivity index (χ3n) is 1.11. The second-order valence-electron chi connectivity index (χ2n) is 2.06. The van der Waals surface area contributed by atoms with Crippen molar-refractivity contribution in [1.82, 2.24) is 0 Å². The van der Waals surface area contributed by atoms with Gasteiger partial charge in [0.05, 0.1) is 0 Å². The fourth-order valence-electron chi connectivity index (χ4n) is 0.608. The molecule has 4 nitrogen and oxygen atoms in total. The summed E-state index contributed by atoms with van der Waals surface area (Å²) in [6, 6.07) is 1.65. The minimum atomic E-state index is -1.58. The van der Waals surface area contributed by atoms with Crippen molar-refractivity contribution >= 4 is 0 Å². The molecule has 0 bridgehead atoms. The van der Waals surface area contributed by atoms with E-state index < -0.39 is 11.9 Å². The highest BCUT2D eigenvalue weighted by molar-refractivity contribution is 4.98. The average molecular weight is 145 g/mol. The Bertz CT molecular complexity index is 134. The van der Waals surface area contributed by atoms with E-state index in [9.17, 15) is 5.11 Å². The topological polar surface area (TPSA) is 62.5 Å². The predicted octanol–water partition coefficient (Wildman–Crippen LogP) is -0.120. The molecule has 0 amide bonds. The molecule has 0 aliphatic heterocycles. The molecular weight excluding hydrogens is 134 g/mol. The van der Waals surface area contributed by atoms with Crippen LogP contribution in [0.4, 0.5) is 0 Å². The summed E-state index contributed by atoms with van der Waals surface area (Å²) in [6.45, 7) is 1.32. The minimum absolute atomic E-state index is 0.891. The van der Waals surface area contributed by atoms with Crippen molar-refractivity contribution in [3.8, 4) is 6.07 Å². The molecule has 0 fully saturated rings. The van der Waals surface area contributed by atoms with Crippen LogP contribution in [0.2, 0.25) is 0 Å². The van der Waals surface area contributed by atoms with Crippen molar-refractivity contribution in [2.45, 2.75) is 18.8 Å². The smallest absolute Gasteiger partial charge is 0.199 e. The summed E-state index contributed by atoms with van der Waals surface area (Å²) < 4.78 is 9.32. The standard InChI is InChI=1S/C6H11NO3/c1-6(8,4-7)5(9-2)10-3/h5,8H,1-3H3. The summed E-state index contributed by atoms with van der Waals surface area (Å²) in [4.78, 5) is 0. The van der Waals surface area contributed by atoms with E-state index in [1.54, 1.807) is 6.07 Å². The molecule has 1 unspecified atom stereocenters. The fourth-order valence-corrected chi connectivity index (χ4v) is 0.608. The first-order chi connectivity index (χ1) is 4.58. The van der Waals surface area contributed by atoms with Gasteiger partial charge in [0.15, 0.2) is 11.9 Å². The van der Waals surface area contributed by atoms with Gasteiger partial charge < -0.3 is 14.6 Å². The van der Waals surface area contributed by atoms with E-state index in [1.165, 1.54) is 21.1 Å². The van der Waals surface area contributed by atoms with Crippen molar-refractivity contribution in [1.29, 1.82) is 5.26 Å². The average Bonchev–Trinajstić information content (AvgIpc) is 1.90. The van der Waals surface area contributed by atoms with Crippen molar-refractivity contribution in [2.24, 2.45) is 0 Å². The number of hydrogen-bond donors (Lipinski definition) is 1. The molecular formula is C6H11NO3. The van der Waals surface area contributed by atoms with E-state index in [0.29, 0.717) is 0 Å². The lowest BCUT2D eigenvalue weighted by Crippen LogP contribution is -2.40. The number of rotatable bonds is 3. The maximum atomic E-state index is 9.17. The van der Waals surface area contributed by atoms with Gasteiger partial charge in [-0.3, -0.25) is 0 Å². The molecule has 58 valence electrons. The zero-order valence-electron chi connectivity index (χ0n) is 6.29. The van der Waals surface area contributed by atoms with Crippen LogP contribution in [0, 0.1) is 11.3 Å². The summed E-state index contributed by atoms with van der Waals surface area (Å²) in [5.41, 5.74) is -1.58. The molecule has 10 heavy (non-hydrogen) atoms. The van der Waals surface area contributed by atoms with Gasteiger partial charge in [-0.25, -0.2) is 0 Å². The van der Waals surface area contributed by atoms with E-state index in [4.69, 9.17) is 5.26 Å². The first-order valence-corrected chi connectivity index (χ1v) is 2.77. The molecule has 4 heteroatoms. The molecule has 0 aliphatic carbocycles. The van der Waals surface area contributed by atoms with Gasteiger partial charge in [0.25, 0.3) is 0 Å². The SMILES string of the molecule is COC(OC)C(C)(O)C#N. The van der Waals surface area contributed by atoms with Crippen LogP contribution in [0.25, 0.3) is 0 Å². The third-order valence-corrected chi connectivity index (χ3v) is 1.11. The Hall–Kier alpha value is -0.630. The van der Waals surface area contributed by atoms with Crippen LogP contribution in [-0.2, 0) is 9.47 Å². The molecule has 0 aromatic rings.